The van der Waals surface area contributed by atoms with E-state index in [1.54, 1.807) is 24.3 Å². The first kappa shape index (κ1) is 28.0. The van der Waals surface area contributed by atoms with Crippen molar-refractivity contribution in [2.45, 2.75) is 25.2 Å². The maximum absolute atomic E-state index is 12.7. The zero-order valence-corrected chi connectivity index (χ0v) is 21.3. The number of carbonyl (C=O) groups excluding carboxylic acids is 1. The van der Waals surface area contributed by atoms with Crippen molar-refractivity contribution in [1.29, 1.82) is 0 Å². The van der Waals surface area contributed by atoms with Crippen LogP contribution in [0.2, 0.25) is 0 Å². The number of aromatic nitrogens is 2. The number of benzene rings is 2. The molecular formula is C29H30F2N4O4. The van der Waals surface area contributed by atoms with Gasteiger partial charge >= 0.3 is 0 Å². The number of alkyl halides is 2. The van der Waals surface area contributed by atoms with Gasteiger partial charge in [0.1, 0.15) is 5.69 Å². The summed E-state index contributed by atoms with van der Waals surface area (Å²) >= 11 is 0. The molecule has 0 bridgehead atoms. The van der Waals surface area contributed by atoms with Crippen LogP contribution in [0, 0.1) is 11.8 Å². The number of H-pyrrole nitrogens is 1. The van der Waals surface area contributed by atoms with Crippen molar-refractivity contribution in [3.8, 4) is 17.6 Å². The first-order valence-electron chi connectivity index (χ1n) is 12.7. The molecule has 8 nitrogen and oxygen atoms in total. The van der Waals surface area contributed by atoms with E-state index in [1.165, 1.54) is 5.56 Å². The van der Waals surface area contributed by atoms with Gasteiger partial charge in [-0.05, 0) is 48.2 Å². The summed E-state index contributed by atoms with van der Waals surface area (Å²) in [4.78, 5) is 33.0. The fraction of sp³-hybridized carbons (Fsp3) is 0.345. The largest absolute Gasteiger partial charge is 0.502 e. The van der Waals surface area contributed by atoms with Crippen molar-refractivity contribution >= 4 is 5.91 Å². The third-order valence-electron chi connectivity index (χ3n) is 6.45. The second kappa shape index (κ2) is 13.6. The first-order valence-corrected chi connectivity index (χ1v) is 12.7. The van der Waals surface area contributed by atoms with E-state index in [0.717, 1.165) is 56.7 Å². The molecule has 2 aromatic carbocycles. The molecule has 4 rings (SSSR count). The highest BCUT2D eigenvalue weighted by atomic mass is 19.3. The molecule has 1 saturated heterocycles. The molecule has 0 radical (unpaired) electrons. The van der Waals surface area contributed by atoms with Gasteiger partial charge in [0.2, 0.25) is 11.7 Å². The first-order chi connectivity index (χ1) is 18.9. The van der Waals surface area contributed by atoms with Crippen LogP contribution in [-0.2, 0) is 22.4 Å². The molecule has 1 fully saturated rings. The number of amides is 1. The van der Waals surface area contributed by atoms with Crippen LogP contribution in [0.25, 0.3) is 0 Å². The van der Waals surface area contributed by atoms with Crippen molar-refractivity contribution in [1.82, 2.24) is 20.2 Å². The summed E-state index contributed by atoms with van der Waals surface area (Å²) in [7, 11) is 0. The molecule has 204 valence electrons. The third kappa shape index (κ3) is 8.21. The topological polar surface area (TPSA) is 108 Å². The van der Waals surface area contributed by atoms with Gasteiger partial charge in [-0.2, -0.15) is 0 Å². The minimum atomic E-state index is -2.74. The smallest absolute Gasteiger partial charge is 0.293 e. The Morgan fingerprint density at radius 1 is 1.05 bits per heavy atom. The lowest BCUT2D eigenvalue weighted by molar-refractivity contribution is -0.123. The van der Waals surface area contributed by atoms with Crippen LogP contribution >= 0.6 is 0 Å². The summed E-state index contributed by atoms with van der Waals surface area (Å²) in [6.07, 6.45) is -0.667. The lowest BCUT2D eigenvalue weighted by atomic mass is 9.94. The van der Waals surface area contributed by atoms with Crippen LogP contribution in [0.15, 0.2) is 59.7 Å². The number of hydrogen-bond donors (Lipinski definition) is 3. The maximum Gasteiger partial charge on any atom is 0.293 e. The molecule has 1 aliphatic heterocycles. The van der Waals surface area contributed by atoms with Gasteiger partial charge in [-0.25, -0.2) is 13.8 Å². The third-order valence-corrected chi connectivity index (χ3v) is 6.45. The van der Waals surface area contributed by atoms with Gasteiger partial charge in [-0.15, -0.1) is 0 Å². The van der Waals surface area contributed by atoms with E-state index >= 15 is 0 Å². The molecule has 39 heavy (non-hydrogen) atoms. The Balaban J connectivity index is 1.40. The van der Waals surface area contributed by atoms with E-state index in [1.807, 2.05) is 12.1 Å². The number of aromatic hydroxyl groups is 1. The van der Waals surface area contributed by atoms with Gasteiger partial charge in [0.15, 0.2) is 0 Å². The van der Waals surface area contributed by atoms with Gasteiger partial charge in [0, 0.05) is 30.8 Å². The van der Waals surface area contributed by atoms with Crippen LogP contribution in [0.3, 0.4) is 0 Å². The van der Waals surface area contributed by atoms with E-state index in [-0.39, 0.29) is 12.1 Å². The SMILES string of the molecule is O=C(NCC(F)F)C(Cc1ccc(C#Cc2ccc(CCN3CCOCC3)cc2)cc1)c1nc[nH]c(=O)c1O. The highest BCUT2D eigenvalue weighted by molar-refractivity contribution is 5.84. The maximum atomic E-state index is 12.7. The monoisotopic (exact) mass is 536 g/mol. The molecule has 2 heterocycles. The number of aromatic amines is 1. The number of halogens is 2. The molecule has 3 N–H and O–H groups in total. The highest BCUT2D eigenvalue weighted by Crippen LogP contribution is 2.24. The number of ether oxygens (including phenoxy) is 1. The molecule has 0 spiro atoms. The molecule has 0 saturated carbocycles. The Morgan fingerprint density at radius 3 is 2.28 bits per heavy atom. The molecule has 0 aliphatic carbocycles. The standard InChI is InChI=1S/C29H30F2N4O4/c30-25(31)18-32-28(37)24(26-27(36)29(38)34-19-33-26)17-23-9-7-21(8-10-23)2-1-20-3-5-22(6-4-20)11-12-35-13-15-39-16-14-35/h3-10,19,24-25,36H,11-18H2,(H,32,37)(H,33,34,38). The Bertz CT molecular complexity index is 1360. The summed E-state index contributed by atoms with van der Waals surface area (Å²) in [6.45, 7) is 3.69. The lowest BCUT2D eigenvalue weighted by Crippen LogP contribution is -2.37. The van der Waals surface area contributed by atoms with Crippen molar-refractivity contribution in [3.05, 3.63) is 93.2 Å². The summed E-state index contributed by atoms with van der Waals surface area (Å²) < 4.78 is 30.7. The van der Waals surface area contributed by atoms with Crippen LogP contribution in [0.4, 0.5) is 8.78 Å². The molecule has 1 aromatic heterocycles. The zero-order chi connectivity index (χ0) is 27.6. The fourth-order valence-electron chi connectivity index (χ4n) is 4.25. The summed E-state index contributed by atoms with van der Waals surface area (Å²) in [6, 6.07) is 15.3. The second-order valence-corrected chi connectivity index (χ2v) is 9.21. The van der Waals surface area contributed by atoms with Crippen molar-refractivity contribution in [3.63, 3.8) is 0 Å². The average molecular weight is 537 g/mol. The van der Waals surface area contributed by atoms with E-state index in [9.17, 15) is 23.5 Å². The number of carbonyl (C=O) groups is 1. The molecular weight excluding hydrogens is 506 g/mol. The molecule has 3 aromatic rings. The summed E-state index contributed by atoms with van der Waals surface area (Å²) in [5.74, 6) is 3.65. The van der Waals surface area contributed by atoms with Crippen LogP contribution in [0.5, 0.6) is 5.75 Å². The number of rotatable bonds is 9. The Morgan fingerprint density at radius 2 is 1.67 bits per heavy atom. The Hall–Kier alpha value is -4.07. The van der Waals surface area contributed by atoms with Crippen LogP contribution < -0.4 is 10.9 Å². The molecule has 1 unspecified atom stereocenters. The minimum Gasteiger partial charge on any atom is -0.502 e. The zero-order valence-electron chi connectivity index (χ0n) is 21.3. The lowest BCUT2D eigenvalue weighted by Gasteiger charge is -2.26. The number of nitrogens with zero attached hydrogens (tertiary/aromatic N) is 2. The van der Waals surface area contributed by atoms with Crippen molar-refractivity contribution < 1.29 is 23.4 Å². The van der Waals surface area contributed by atoms with E-state index < -0.39 is 36.1 Å². The average Bonchev–Trinajstić information content (AvgIpc) is 2.96. The van der Waals surface area contributed by atoms with Crippen LogP contribution in [-0.4, -0.2) is 71.7 Å². The predicted molar refractivity (Wildman–Crippen MR) is 142 cm³/mol. The number of morpholine rings is 1. The second-order valence-electron chi connectivity index (χ2n) is 9.21. The number of hydrogen-bond acceptors (Lipinski definition) is 6. The van der Waals surface area contributed by atoms with E-state index in [0.29, 0.717) is 5.56 Å². The van der Waals surface area contributed by atoms with Crippen molar-refractivity contribution in [2.75, 3.05) is 39.4 Å². The van der Waals surface area contributed by atoms with Gasteiger partial charge in [-0.3, -0.25) is 14.5 Å². The number of nitrogens with one attached hydrogen (secondary N) is 2. The molecule has 10 heteroatoms. The highest BCUT2D eigenvalue weighted by Gasteiger charge is 2.27. The van der Waals surface area contributed by atoms with Gasteiger partial charge in [-0.1, -0.05) is 36.1 Å². The normalized spacial score (nSPS) is 14.4. The quantitative estimate of drug-likeness (QED) is 0.363. The molecule has 1 aliphatic rings. The Labute approximate surface area is 225 Å². The van der Waals surface area contributed by atoms with Crippen molar-refractivity contribution in [2.24, 2.45) is 0 Å². The predicted octanol–water partition coefficient (Wildman–Crippen LogP) is 2.46. The fourth-order valence-corrected chi connectivity index (χ4v) is 4.25. The molecule has 1 atom stereocenters. The van der Waals surface area contributed by atoms with Gasteiger partial charge in [0.25, 0.3) is 12.0 Å². The van der Waals surface area contributed by atoms with Gasteiger partial charge < -0.3 is 20.1 Å². The van der Waals surface area contributed by atoms with Gasteiger partial charge in [0.05, 0.1) is 32.0 Å². The summed E-state index contributed by atoms with van der Waals surface area (Å²) in [5, 5.41) is 12.3. The minimum absolute atomic E-state index is 0.0404. The Kier molecular flexibility index (Phi) is 9.78. The van der Waals surface area contributed by atoms with Crippen LogP contribution in [0.1, 0.15) is 33.9 Å². The molecule has 1 amide bonds. The van der Waals surface area contributed by atoms with E-state index in [4.69, 9.17) is 4.74 Å². The summed E-state index contributed by atoms with van der Waals surface area (Å²) in [5.41, 5.74) is 2.59. The van der Waals surface area contributed by atoms with E-state index in [2.05, 4.69) is 44.2 Å².